The number of H-pyrrole nitrogens is 1. The fraction of sp³-hybridized carbons (Fsp3) is 0.304. The molecule has 4 rings (SSSR count). The lowest BCUT2D eigenvalue weighted by Crippen LogP contribution is -2.36. The van der Waals surface area contributed by atoms with Gasteiger partial charge in [0.1, 0.15) is 5.65 Å². The zero-order valence-electron chi connectivity index (χ0n) is 17.5. The number of amides is 1. The number of pyridine rings is 1. The minimum atomic E-state index is -0.0970. The number of morpholine rings is 1. The summed E-state index contributed by atoms with van der Waals surface area (Å²) in [5.41, 5.74) is 4.57. The van der Waals surface area contributed by atoms with E-state index in [4.69, 9.17) is 27.9 Å². The first-order chi connectivity index (χ1) is 14.9. The summed E-state index contributed by atoms with van der Waals surface area (Å²) in [6.45, 7) is 5.48. The van der Waals surface area contributed by atoms with E-state index in [1.165, 1.54) is 0 Å². The zero-order chi connectivity index (χ0) is 22.0. The Hall–Kier alpha value is -2.54. The monoisotopic (exact) mass is 458 g/mol. The summed E-state index contributed by atoms with van der Waals surface area (Å²) in [7, 11) is 1.76. The number of fused-ring (bicyclic) bond motifs is 1. The summed E-state index contributed by atoms with van der Waals surface area (Å²) in [5.74, 6) is -0.0970. The van der Waals surface area contributed by atoms with Crippen molar-refractivity contribution in [2.24, 2.45) is 0 Å². The normalized spacial score (nSPS) is 14.8. The van der Waals surface area contributed by atoms with Crippen molar-refractivity contribution >= 4 is 51.4 Å². The Morgan fingerprint density at radius 1 is 1.23 bits per heavy atom. The minimum absolute atomic E-state index is 0.0970. The largest absolute Gasteiger partial charge is 0.378 e. The maximum absolute atomic E-state index is 12.8. The van der Waals surface area contributed by atoms with E-state index < -0.39 is 0 Å². The number of rotatable bonds is 5. The van der Waals surface area contributed by atoms with Gasteiger partial charge >= 0.3 is 0 Å². The number of benzene rings is 1. The van der Waals surface area contributed by atoms with Crippen LogP contribution >= 0.6 is 23.2 Å². The van der Waals surface area contributed by atoms with Gasteiger partial charge in [0.25, 0.3) is 0 Å². The maximum atomic E-state index is 12.8. The van der Waals surface area contributed by atoms with Crippen molar-refractivity contribution in [3.63, 3.8) is 0 Å². The van der Waals surface area contributed by atoms with E-state index in [0.29, 0.717) is 16.6 Å². The lowest BCUT2D eigenvalue weighted by Gasteiger charge is -2.28. The molecule has 0 spiro atoms. The van der Waals surface area contributed by atoms with Gasteiger partial charge in [0, 0.05) is 59.9 Å². The Bertz CT molecular complexity index is 1120. The first-order valence-corrected chi connectivity index (χ1v) is 10.8. The van der Waals surface area contributed by atoms with Gasteiger partial charge in [-0.2, -0.15) is 0 Å². The number of anilines is 1. The lowest BCUT2D eigenvalue weighted by atomic mass is 10.1. The second-order valence-electron chi connectivity index (χ2n) is 7.69. The van der Waals surface area contributed by atoms with Crippen LogP contribution in [0.2, 0.25) is 10.0 Å². The van der Waals surface area contributed by atoms with Gasteiger partial charge < -0.3 is 19.5 Å². The number of hydrogen-bond donors (Lipinski definition) is 1. The van der Waals surface area contributed by atoms with Gasteiger partial charge in [0.05, 0.1) is 25.1 Å². The molecule has 1 saturated heterocycles. The predicted octanol–water partition coefficient (Wildman–Crippen LogP) is 4.77. The summed E-state index contributed by atoms with van der Waals surface area (Å²) in [6, 6.07) is 7.42. The van der Waals surface area contributed by atoms with Crippen LogP contribution in [0.25, 0.3) is 16.6 Å². The van der Waals surface area contributed by atoms with E-state index >= 15 is 0 Å². The summed E-state index contributed by atoms with van der Waals surface area (Å²) >= 11 is 12.1. The minimum Gasteiger partial charge on any atom is -0.378 e. The van der Waals surface area contributed by atoms with Crippen molar-refractivity contribution in [3.8, 4) is 0 Å². The average molecular weight is 459 g/mol. The predicted molar refractivity (Wildman–Crippen MR) is 126 cm³/mol. The zero-order valence-corrected chi connectivity index (χ0v) is 19.0. The number of carbonyl (C=O) groups excluding carboxylic acids is 1. The average Bonchev–Trinajstić information content (AvgIpc) is 3.17. The van der Waals surface area contributed by atoms with Gasteiger partial charge in [-0.05, 0) is 42.3 Å². The highest BCUT2D eigenvalue weighted by Gasteiger charge is 2.15. The van der Waals surface area contributed by atoms with Crippen molar-refractivity contribution in [1.82, 2.24) is 14.9 Å². The fourth-order valence-corrected chi connectivity index (χ4v) is 4.31. The molecule has 1 fully saturated rings. The van der Waals surface area contributed by atoms with Crippen molar-refractivity contribution < 1.29 is 9.53 Å². The number of likely N-dealkylation sites (N-methyl/N-ethyl adjacent to an activating group) is 1. The molecule has 0 bridgehead atoms. The SMILES string of the molecule is C/C(=C\C(=O)N(C)Cc1cc(Cl)cc(Cl)c1)c1c[nH]c2ncc(N3CCOCC3)cc12. The van der Waals surface area contributed by atoms with Gasteiger partial charge in [-0.3, -0.25) is 4.79 Å². The van der Waals surface area contributed by atoms with Crippen molar-refractivity contribution in [1.29, 1.82) is 0 Å². The van der Waals surface area contributed by atoms with Crippen LogP contribution in [0.15, 0.2) is 42.7 Å². The number of carbonyl (C=O) groups is 1. The van der Waals surface area contributed by atoms with E-state index in [2.05, 4.69) is 20.9 Å². The van der Waals surface area contributed by atoms with Crippen LogP contribution in [0.1, 0.15) is 18.1 Å². The second-order valence-corrected chi connectivity index (χ2v) is 8.56. The highest BCUT2D eigenvalue weighted by Crippen LogP contribution is 2.28. The van der Waals surface area contributed by atoms with Crippen LogP contribution in [0.4, 0.5) is 5.69 Å². The van der Waals surface area contributed by atoms with Crippen LogP contribution in [-0.2, 0) is 16.1 Å². The number of halogens is 2. The molecule has 0 atom stereocenters. The number of aromatic nitrogens is 2. The molecule has 0 aliphatic carbocycles. The quantitative estimate of drug-likeness (QED) is 0.559. The fourth-order valence-electron chi connectivity index (χ4n) is 3.74. The maximum Gasteiger partial charge on any atom is 0.246 e. The number of nitrogens with one attached hydrogen (secondary N) is 1. The third-order valence-electron chi connectivity index (χ3n) is 5.38. The van der Waals surface area contributed by atoms with Crippen molar-refractivity contribution in [2.75, 3.05) is 38.3 Å². The molecule has 1 amide bonds. The number of aromatic amines is 1. The third-order valence-corrected chi connectivity index (χ3v) is 5.81. The highest BCUT2D eigenvalue weighted by atomic mass is 35.5. The van der Waals surface area contributed by atoms with Crippen LogP contribution in [0.5, 0.6) is 0 Å². The van der Waals surface area contributed by atoms with Crippen molar-refractivity contribution in [3.05, 3.63) is 63.9 Å². The van der Waals surface area contributed by atoms with E-state index in [9.17, 15) is 4.79 Å². The van der Waals surface area contributed by atoms with Crippen LogP contribution < -0.4 is 4.90 Å². The number of ether oxygens (including phenoxy) is 1. The summed E-state index contributed by atoms with van der Waals surface area (Å²) in [6.07, 6.45) is 5.43. The number of hydrogen-bond acceptors (Lipinski definition) is 4. The summed E-state index contributed by atoms with van der Waals surface area (Å²) in [4.78, 5) is 24.5. The van der Waals surface area contributed by atoms with Gasteiger partial charge in [-0.25, -0.2) is 4.98 Å². The van der Waals surface area contributed by atoms with Gasteiger partial charge in [-0.15, -0.1) is 0 Å². The van der Waals surface area contributed by atoms with Gasteiger partial charge in [0.2, 0.25) is 5.91 Å². The first-order valence-electron chi connectivity index (χ1n) is 10.1. The third kappa shape index (κ3) is 5.03. The Balaban J connectivity index is 1.54. The smallest absolute Gasteiger partial charge is 0.246 e. The Morgan fingerprint density at radius 3 is 2.65 bits per heavy atom. The molecule has 2 aromatic heterocycles. The molecular formula is C23H24Cl2N4O2. The standard InChI is InChI=1S/C23H24Cl2N4O2/c1-15(7-22(30)28(2)14-16-8-17(24)10-18(25)9-16)21-13-27-23-20(21)11-19(12-26-23)29-3-5-31-6-4-29/h7-13H,3-6,14H2,1-2H3,(H,26,27)/b15-7+. The van der Waals surface area contributed by atoms with Crippen molar-refractivity contribution in [2.45, 2.75) is 13.5 Å². The first kappa shape index (κ1) is 21.7. The lowest BCUT2D eigenvalue weighted by molar-refractivity contribution is -0.125. The molecule has 1 aliphatic rings. The Morgan fingerprint density at radius 2 is 1.94 bits per heavy atom. The molecule has 0 unspecified atom stereocenters. The second kappa shape index (κ2) is 9.30. The molecule has 0 saturated carbocycles. The molecular weight excluding hydrogens is 435 g/mol. The molecule has 31 heavy (non-hydrogen) atoms. The highest BCUT2D eigenvalue weighted by molar-refractivity contribution is 6.34. The van der Waals surface area contributed by atoms with E-state index in [1.54, 1.807) is 24.1 Å². The summed E-state index contributed by atoms with van der Waals surface area (Å²) in [5, 5.41) is 2.10. The van der Waals surface area contributed by atoms with E-state index in [0.717, 1.165) is 59.7 Å². The molecule has 1 aliphatic heterocycles. The molecule has 3 aromatic rings. The number of nitrogens with zero attached hydrogens (tertiary/aromatic N) is 3. The van der Waals surface area contributed by atoms with E-state index in [1.807, 2.05) is 31.5 Å². The topological polar surface area (TPSA) is 61.5 Å². The number of allylic oxidation sites excluding steroid dienone is 1. The van der Waals surface area contributed by atoms with Gasteiger partial charge in [-0.1, -0.05) is 23.2 Å². The Labute approximate surface area is 191 Å². The van der Waals surface area contributed by atoms with Crippen LogP contribution in [0.3, 0.4) is 0 Å². The molecule has 6 nitrogen and oxygen atoms in total. The Kier molecular flexibility index (Phi) is 6.51. The van der Waals surface area contributed by atoms with Crippen LogP contribution in [0, 0.1) is 0 Å². The summed E-state index contributed by atoms with van der Waals surface area (Å²) < 4.78 is 5.44. The van der Waals surface area contributed by atoms with Crippen LogP contribution in [-0.4, -0.2) is 54.1 Å². The molecule has 8 heteroatoms. The molecule has 1 aromatic carbocycles. The van der Waals surface area contributed by atoms with Gasteiger partial charge in [0.15, 0.2) is 0 Å². The molecule has 162 valence electrons. The van der Waals surface area contributed by atoms with E-state index in [-0.39, 0.29) is 5.91 Å². The molecule has 1 N–H and O–H groups in total. The molecule has 0 radical (unpaired) electrons. The molecule has 3 heterocycles.